The first kappa shape index (κ1) is 14.9. The van der Waals surface area contributed by atoms with Gasteiger partial charge in [-0.05, 0) is 29.3 Å². The molecule has 0 fully saturated rings. The quantitative estimate of drug-likeness (QED) is 0.800. The van der Waals surface area contributed by atoms with Gasteiger partial charge >= 0.3 is 7.62 Å². The van der Waals surface area contributed by atoms with E-state index in [9.17, 15) is 8.78 Å². The highest BCUT2D eigenvalue weighted by molar-refractivity contribution is 6.24. The Kier molecular flexibility index (Phi) is 4.36. The van der Waals surface area contributed by atoms with Crippen molar-refractivity contribution < 1.29 is 13.4 Å². The van der Waals surface area contributed by atoms with Crippen LogP contribution in [0.5, 0.6) is 0 Å². The van der Waals surface area contributed by atoms with E-state index in [-0.39, 0.29) is 6.04 Å². The predicted octanol–water partition coefficient (Wildman–Crippen LogP) is 3.59. The lowest BCUT2D eigenvalue weighted by atomic mass is 10.0. The molecule has 0 amide bonds. The van der Waals surface area contributed by atoms with E-state index in [4.69, 9.17) is 4.65 Å². The van der Waals surface area contributed by atoms with Crippen LogP contribution in [0.4, 0.5) is 8.78 Å². The zero-order chi connectivity index (χ0) is 15.5. The minimum atomic E-state index is -0.442. The summed E-state index contributed by atoms with van der Waals surface area (Å²) in [6.07, 6.45) is 1.95. The highest BCUT2D eigenvalue weighted by Gasteiger charge is 2.28. The van der Waals surface area contributed by atoms with Crippen molar-refractivity contribution in [3.8, 4) is 0 Å². The summed E-state index contributed by atoms with van der Waals surface area (Å²) >= 11 is 0. The lowest BCUT2D eigenvalue weighted by molar-refractivity contribution is 0.340. The Morgan fingerprint density at radius 1 is 1.14 bits per heavy atom. The van der Waals surface area contributed by atoms with E-state index >= 15 is 0 Å². The molecule has 0 spiro atoms. The van der Waals surface area contributed by atoms with Gasteiger partial charge in [0.1, 0.15) is 11.6 Å². The van der Waals surface area contributed by atoms with E-state index in [1.807, 2.05) is 41.2 Å². The molecular formula is C17H15BF2NO. The largest absolute Gasteiger partial charge is 0.427 e. The number of hydrogen-bond acceptors (Lipinski definition) is 2. The average molecular weight is 298 g/mol. The summed E-state index contributed by atoms with van der Waals surface area (Å²) in [5.41, 5.74) is 2.12. The van der Waals surface area contributed by atoms with Gasteiger partial charge in [0.2, 0.25) is 0 Å². The summed E-state index contributed by atoms with van der Waals surface area (Å²) in [4.78, 5) is 1.95. The van der Waals surface area contributed by atoms with Crippen molar-refractivity contribution in [1.82, 2.24) is 4.81 Å². The van der Waals surface area contributed by atoms with Gasteiger partial charge in [0, 0.05) is 25.3 Å². The molecule has 0 N–H and O–H groups in total. The summed E-state index contributed by atoms with van der Waals surface area (Å²) < 4.78 is 32.5. The van der Waals surface area contributed by atoms with Crippen molar-refractivity contribution >= 4 is 13.2 Å². The summed E-state index contributed by atoms with van der Waals surface area (Å²) in [5.74, 6) is -0.860. The van der Waals surface area contributed by atoms with E-state index in [2.05, 4.69) is 0 Å². The summed E-state index contributed by atoms with van der Waals surface area (Å²) in [5, 5.41) is 0. The van der Waals surface area contributed by atoms with Crippen LogP contribution in [-0.4, -0.2) is 26.1 Å². The van der Waals surface area contributed by atoms with Gasteiger partial charge in [-0.1, -0.05) is 36.4 Å². The minimum Gasteiger partial charge on any atom is -0.427 e. The van der Waals surface area contributed by atoms with Crippen LogP contribution in [0, 0.1) is 11.6 Å². The van der Waals surface area contributed by atoms with E-state index in [1.165, 1.54) is 6.07 Å². The molecule has 1 radical (unpaired) electrons. The molecule has 2 aromatic rings. The Morgan fingerprint density at radius 2 is 1.91 bits per heavy atom. The smallest absolute Gasteiger partial charge is 0.399 e. The zero-order valence-electron chi connectivity index (χ0n) is 12.2. The van der Waals surface area contributed by atoms with Crippen LogP contribution in [0.2, 0.25) is 0 Å². The second-order valence-electron chi connectivity index (χ2n) is 5.19. The number of hydrogen-bond donors (Lipinski definition) is 0. The van der Waals surface area contributed by atoms with Crippen LogP contribution in [0.25, 0.3) is 5.57 Å². The van der Waals surface area contributed by atoms with Gasteiger partial charge in [-0.3, -0.25) is 0 Å². The molecule has 0 aliphatic carbocycles. The molecule has 22 heavy (non-hydrogen) atoms. The standard InChI is InChI=1S/C17H15BF2NO/c1-22-18-21-11-13(15-10-14(19)7-8-16(15)20)9-17(21)12-5-3-2-4-6-12/h2-10,17H,11H2,1H3/t17-/m0/s1. The normalized spacial score (nSPS) is 18.3. The Labute approximate surface area is 129 Å². The van der Waals surface area contributed by atoms with Crippen LogP contribution in [-0.2, 0) is 4.65 Å². The van der Waals surface area contributed by atoms with E-state index < -0.39 is 11.6 Å². The monoisotopic (exact) mass is 298 g/mol. The molecule has 1 atom stereocenters. The maximum absolute atomic E-state index is 14.0. The summed E-state index contributed by atoms with van der Waals surface area (Å²) in [6, 6.07) is 13.3. The molecule has 0 saturated heterocycles. The van der Waals surface area contributed by atoms with Crippen LogP contribution < -0.4 is 0 Å². The van der Waals surface area contributed by atoms with Gasteiger partial charge in [0.05, 0.1) is 0 Å². The SMILES string of the molecule is CO[B]N1CC(c2cc(F)ccc2F)=C[C@H]1c1ccccc1. The minimum absolute atomic E-state index is 0.0567. The van der Waals surface area contributed by atoms with Gasteiger partial charge < -0.3 is 9.47 Å². The highest BCUT2D eigenvalue weighted by atomic mass is 19.1. The van der Waals surface area contributed by atoms with Crippen molar-refractivity contribution in [3.63, 3.8) is 0 Å². The van der Waals surface area contributed by atoms with Crippen molar-refractivity contribution in [3.05, 3.63) is 77.4 Å². The van der Waals surface area contributed by atoms with Gasteiger partial charge in [-0.15, -0.1) is 0 Å². The van der Waals surface area contributed by atoms with Crippen LogP contribution >= 0.6 is 0 Å². The van der Waals surface area contributed by atoms with Crippen LogP contribution in [0.1, 0.15) is 17.2 Å². The fourth-order valence-electron chi connectivity index (χ4n) is 2.73. The van der Waals surface area contributed by atoms with E-state index in [0.29, 0.717) is 12.1 Å². The van der Waals surface area contributed by atoms with Gasteiger partial charge in [-0.25, -0.2) is 8.78 Å². The van der Waals surface area contributed by atoms with Crippen molar-refractivity contribution in [2.75, 3.05) is 13.7 Å². The first-order chi connectivity index (χ1) is 10.7. The number of rotatable bonds is 4. The Balaban J connectivity index is 1.97. The molecule has 111 valence electrons. The first-order valence-corrected chi connectivity index (χ1v) is 7.02. The maximum Gasteiger partial charge on any atom is 0.399 e. The molecule has 0 unspecified atom stereocenters. The lowest BCUT2D eigenvalue weighted by Crippen LogP contribution is -2.29. The highest BCUT2D eigenvalue weighted by Crippen LogP contribution is 2.34. The number of benzene rings is 2. The summed E-state index contributed by atoms with van der Waals surface area (Å²) in [6.45, 7) is 0.466. The van der Waals surface area contributed by atoms with Gasteiger partial charge in [-0.2, -0.15) is 0 Å². The third-order valence-corrected chi connectivity index (χ3v) is 3.73. The second kappa shape index (κ2) is 6.42. The third-order valence-electron chi connectivity index (χ3n) is 3.73. The third kappa shape index (κ3) is 2.96. The van der Waals surface area contributed by atoms with Gasteiger partial charge in [0.25, 0.3) is 0 Å². The van der Waals surface area contributed by atoms with Gasteiger partial charge in [0.15, 0.2) is 0 Å². The molecule has 1 heterocycles. The molecule has 0 aromatic heterocycles. The molecule has 0 saturated carbocycles. The molecule has 3 rings (SSSR count). The van der Waals surface area contributed by atoms with E-state index in [0.717, 1.165) is 23.3 Å². The lowest BCUT2D eigenvalue weighted by Gasteiger charge is -2.22. The molecule has 5 heteroatoms. The second-order valence-corrected chi connectivity index (χ2v) is 5.19. The fourth-order valence-corrected chi connectivity index (χ4v) is 2.73. The number of halogens is 2. The molecule has 1 aliphatic heterocycles. The molecule has 1 aliphatic rings. The van der Waals surface area contributed by atoms with Crippen LogP contribution in [0.3, 0.4) is 0 Å². The van der Waals surface area contributed by atoms with Crippen LogP contribution in [0.15, 0.2) is 54.6 Å². The topological polar surface area (TPSA) is 12.5 Å². The Hall–Kier alpha value is -1.98. The molecule has 2 aromatic carbocycles. The first-order valence-electron chi connectivity index (χ1n) is 7.02. The number of nitrogens with zero attached hydrogens (tertiary/aromatic N) is 1. The predicted molar refractivity (Wildman–Crippen MR) is 83.0 cm³/mol. The van der Waals surface area contributed by atoms with Crippen molar-refractivity contribution in [1.29, 1.82) is 0 Å². The maximum atomic E-state index is 14.0. The molecular weight excluding hydrogens is 283 g/mol. The Bertz CT molecular complexity index is 690. The molecule has 2 nitrogen and oxygen atoms in total. The van der Waals surface area contributed by atoms with Crippen molar-refractivity contribution in [2.45, 2.75) is 6.04 Å². The zero-order valence-corrected chi connectivity index (χ0v) is 12.2. The fraction of sp³-hybridized carbons (Fsp3) is 0.176. The summed E-state index contributed by atoms with van der Waals surface area (Å²) in [7, 11) is 3.18. The average Bonchev–Trinajstić information content (AvgIpc) is 2.95. The van der Waals surface area contributed by atoms with Crippen molar-refractivity contribution in [2.24, 2.45) is 0 Å². The Morgan fingerprint density at radius 3 is 2.64 bits per heavy atom. The molecule has 0 bridgehead atoms. The van der Waals surface area contributed by atoms with E-state index in [1.54, 1.807) is 14.7 Å².